The quantitative estimate of drug-likeness (QED) is 0.769. The summed E-state index contributed by atoms with van der Waals surface area (Å²) < 4.78 is 5.10. The summed E-state index contributed by atoms with van der Waals surface area (Å²) in [5.74, 6) is -1.67. The van der Waals surface area contributed by atoms with Crippen molar-refractivity contribution < 1.29 is 19.4 Å². The summed E-state index contributed by atoms with van der Waals surface area (Å²) in [6.07, 6.45) is 0. The second-order valence-electron chi connectivity index (χ2n) is 5.13. The van der Waals surface area contributed by atoms with E-state index in [-0.39, 0.29) is 13.2 Å². The zero-order valence-electron chi connectivity index (χ0n) is 12.0. The molecule has 1 saturated heterocycles. The monoisotopic (exact) mass is 293 g/mol. The topological polar surface area (TPSA) is 90.9 Å². The number of benzene rings is 1. The van der Waals surface area contributed by atoms with Crippen LogP contribution in [0.1, 0.15) is 0 Å². The fourth-order valence-corrected chi connectivity index (χ4v) is 2.14. The molecule has 1 aromatic carbocycles. The lowest BCUT2D eigenvalue weighted by molar-refractivity contribution is -0.142. The Labute approximate surface area is 122 Å². The number of amides is 2. The smallest absolute Gasteiger partial charge is 0.319 e. The number of carboxylic acid groups (broad SMARTS) is 1. The second-order valence-corrected chi connectivity index (χ2v) is 5.13. The van der Waals surface area contributed by atoms with Crippen molar-refractivity contribution in [1.82, 2.24) is 5.32 Å². The van der Waals surface area contributed by atoms with Crippen LogP contribution in [0.4, 0.5) is 16.2 Å². The molecule has 0 aromatic heterocycles. The number of carboxylic acids is 1. The standard InChI is InChI=1S/C14H19N3O4/c1-17(2)10-5-3-4-9(6-10)15-14(20)16-12-8-21-7-11(12)13(18)19/h3-6,11-12H,7-8H2,1-2H3,(H,18,19)(H2,15,16,20). The zero-order chi connectivity index (χ0) is 15.4. The average molecular weight is 293 g/mol. The second kappa shape index (κ2) is 6.45. The molecule has 1 aliphatic heterocycles. The summed E-state index contributed by atoms with van der Waals surface area (Å²) >= 11 is 0. The predicted molar refractivity (Wildman–Crippen MR) is 78.7 cm³/mol. The van der Waals surface area contributed by atoms with E-state index in [9.17, 15) is 9.59 Å². The number of anilines is 2. The fraction of sp³-hybridized carbons (Fsp3) is 0.429. The van der Waals surface area contributed by atoms with E-state index in [1.54, 1.807) is 6.07 Å². The minimum atomic E-state index is -0.965. The first-order valence-corrected chi connectivity index (χ1v) is 6.63. The molecular weight excluding hydrogens is 274 g/mol. The van der Waals surface area contributed by atoms with Crippen molar-refractivity contribution in [1.29, 1.82) is 0 Å². The van der Waals surface area contributed by atoms with Crippen molar-refractivity contribution >= 4 is 23.4 Å². The van der Waals surface area contributed by atoms with Gasteiger partial charge in [0.05, 0.1) is 19.3 Å². The van der Waals surface area contributed by atoms with Crippen LogP contribution in [0, 0.1) is 5.92 Å². The molecule has 2 unspecified atom stereocenters. The third-order valence-electron chi connectivity index (χ3n) is 3.33. The molecule has 0 aliphatic carbocycles. The molecule has 0 bridgehead atoms. The maximum Gasteiger partial charge on any atom is 0.319 e. The molecule has 1 aliphatic rings. The largest absolute Gasteiger partial charge is 0.481 e. The van der Waals surface area contributed by atoms with Gasteiger partial charge in [-0.2, -0.15) is 0 Å². The summed E-state index contributed by atoms with van der Waals surface area (Å²) in [5.41, 5.74) is 1.60. The van der Waals surface area contributed by atoms with E-state index in [0.29, 0.717) is 5.69 Å². The van der Waals surface area contributed by atoms with Gasteiger partial charge in [-0.05, 0) is 18.2 Å². The Morgan fingerprint density at radius 3 is 2.76 bits per heavy atom. The molecule has 3 N–H and O–H groups in total. The third kappa shape index (κ3) is 3.85. The predicted octanol–water partition coefficient (Wildman–Crippen LogP) is 0.974. The Hall–Kier alpha value is -2.28. The van der Waals surface area contributed by atoms with Gasteiger partial charge in [-0.3, -0.25) is 4.79 Å². The number of hydrogen-bond donors (Lipinski definition) is 3. The van der Waals surface area contributed by atoms with Crippen LogP contribution in [-0.2, 0) is 9.53 Å². The van der Waals surface area contributed by atoms with Gasteiger partial charge in [0.25, 0.3) is 0 Å². The Balaban J connectivity index is 1.95. The molecule has 0 radical (unpaired) electrons. The maximum atomic E-state index is 11.9. The van der Waals surface area contributed by atoms with E-state index in [1.165, 1.54) is 0 Å². The van der Waals surface area contributed by atoms with Crippen molar-refractivity contribution in [3.63, 3.8) is 0 Å². The third-order valence-corrected chi connectivity index (χ3v) is 3.33. The van der Waals surface area contributed by atoms with Crippen LogP contribution < -0.4 is 15.5 Å². The van der Waals surface area contributed by atoms with Crippen LogP contribution in [0.25, 0.3) is 0 Å². The van der Waals surface area contributed by atoms with Crippen LogP contribution >= 0.6 is 0 Å². The van der Waals surface area contributed by atoms with Crippen LogP contribution in [0.3, 0.4) is 0 Å². The van der Waals surface area contributed by atoms with E-state index < -0.39 is 24.0 Å². The molecule has 2 amide bonds. The fourth-order valence-electron chi connectivity index (χ4n) is 2.14. The molecule has 2 rings (SSSR count). The highest BCUT2D eigenvalue weighted by atomic mass is 16.5. The highest BCUT2D eigenvalue weighted by molar-refractivity contribution is 5.90. The summed E-state index contributed by atoms with van der Waals surface area (Å²) in [5, 5.41) is 14.4. The number of urea groups is 1. The van der Waals surface area contributed by atoms with Gasteiger partial charge in [-0.25, -0.2) is 4.79 Å². The van der Waals surface area contributed by atoms with Crippen molar-refractivity contribution in [2.45, 2.75) is 6.04 Å². The Kier molecular flexibility index (Phi) is 4.64. The number of carbonyl (C=O) groups excluding carboxylic acids is 1. The molecule has 0 saturated carbocycles. The lowest BCUT2D eigenvalue weighted by Crippen LogP contribution is -2.44. The summed E-state index contributed by atoms with van der Waals surface area (Å²) in [7, 11) is 3.82. The van der Waals surface area contributed by atoms with Gasteiger partial charge in [0.2, 0.25) is 0 Å². The van der Waals surface area contributed by atoms with Gasteiger partial charge in [0.15, 0.2) is 0 Å². The van der Waals surface area contributed by atoms with Gasteiger partial charge in [-0.15, -0.1) is 0 Å². The number of carbonyl (C=O) groups is 2. The van der Waals surface area contributed by atoms with Gasteiger partial charge in [0, 0.05) is 25.5 Å². The molecule has 1 fully saturated rings. The molecule has 2 atom stereocenters. The molecule has 114 valence electrons. The number of nitrogens with zero attached hydrogens (tertiary/aromatic N) is 1. The van der Waals surface area contributed by atoms with E-state index in [4.69, 9.17) is 9.84 Å². The van der Waals surface area contributed by atoms with E-state index in [0.717, 1.165) is 5.69 Å². The molecule has 7 nitrogen and oxygen atoms in total. The molecule has 0 spiro atoms. The van der Waals surface area contributed by atoms with Crippen LogP contribution in [-0.4, -0.2) is 50.5 Å². The molecule has 1 heterocycles. The summed E-state index contributed by atoms with van der Waals surface area (Å²) in [6.45, 7) is 0.332. The molecule has 21 heavy (non-hydrogen) atoms. The van der Waals surface area contributed by atoms with Crippen molar-refractivity contribution in [3.8, 4) is 0 Å². The first-order chi connectivity index (χ1) is 9.97. The van der Waals surface area contributed by atoms with Gasteiger partial charge >= 0.3 is 12.0 Å². The van der Waals surface area contributed by atoms with Gasteiger partial charge in [-0.1, -0.05) is 6.07 Å². The van der Waals surface area contributed by atoms with E-state index >= 15 is 0 Å². The van der Waals surface area contributed by atoms with Crippen LogP contribution in [0.2, 0.25) is 0 Å². The van der Waals surface area contributed by atoms with Gasteiger partial charge < -0.3 is 25.4 Å². The molecule has 1 aromatic rings. The number of hydrogen-bond acceptors (Lipinski definition) is 4. The molecular formula is C14H19N3O4. The Morgan fingerprint density at radius 1 is 1.33 bits per heavy atom. The Morgan fingerprint density at radius 2 is 2.10 bits per heavy atom. The van der Waals surface area contributed by atoms with Gasteiger partial charge in [0.1, 0.15) is 5.92 Å². The van der Waals surface area contributed by atoms with E-state index in [1.807, 2.05) is 37.2 Å². The summed E-state index contributed by atoms with van der Waals surface area (Å²) in [6, 6.07) is 6.41. The minimum Gasteiger partial charge on any atom is -0.481 e. The first-order valence-electron chi connectivity index (χ1n) is 6.63. The zero-order valence-corrected chi connectivity index (χ0v) is 12.0. The maximum absolute atomic E-state index is 11.9. The highest BCUT2D eigenvalue weighted by Gasteiger charge is 2.35. The SMILES string of the molecule is CN(C)c1cccc(NC(=O)NC2COCC2C(=O)O)c1. The van der Waals surface area contributed by atoms with Crippen molar-refractivity contribution in [2.75, 3.05) is 37.5 Å². The first kappa shape index (κ1) is 15.1. The normalized spacial score (nSPS) is 20.9. The lowest BCUT2D eigenvalue weighted by Gasteiger charge is -2.17. The van der Waals surface area contributed by atoms with Crippen molar-refractivity contribution in [3.05, 3.63) is 24.3 Å². The summed E-state index contributed by atoms with van der Waals surface area (Å²) in [4.78, 5) is 24.9. The average Bonchev–Trinajstić information content (AvgIpc) is 2.87. The van der Waals surface area contributed by atoms with Crippen LogP contribution in [0.15, 0.2) is 24.3 Å². The lowest BCUT2D eigenvalue weighted by atomic mass is 10.0. The van der Waals surface area contributed by atoms with Crippen LogP contribution in [0.5, 0.6) is 0 Å². The number of nitrogens with one attached hydrogen (secondary N) is 2. The highest BCUT2D eigenvalue weighted by Crippen LogP contribution is 2.18. The van der Waals surface area contributed by atoms with Crippen molar-refractivity contribution in [2.24, 2.45) is 5.92 Å². The minimum absolute atomic E-state index is 0.121. The molecule has 7 heteroatoms. The van der Waals surface area contributed by atoms with E-state index in [2.05, 4.69) is 10.6 Å². The number of rotatable bonds is 4. The number of ether oxygens (including phenoxy) is 1. The Bertz CT molecular complexity index is 533. The number of aliphatic carboxylic acids is 1.